The fourth-order valence-corrected chi connectivity index (χ4v) is 2.47. The van der Waals surface area contributed by atoms with Crippen LogP contribution in [0.2, 0.25) is 0 Å². The molecule has 0 unspecified atom stereocenters. The molecule has 0 aliphatic carbocycles. The molecule has 0 radical (unpaired) electrons. The average molecular weight is 318 g/mol. The van der Waals surface area contributed by atoms with Crippen LogP contribution in [0.3, 0.4) is 0 Å². The van der Waals surface area contributed by atoms with E-state index in [1.165, 1.54) is 12.1 Å². The molecule has 1 atom stereocenters. The van der Waals surface area contributed by atoms with E-state index in [1.54, 1.807) is 43.5 Å². The minimum atomic E-state index is -1.11. The molecular weight excluding hydrogens is 304 g/mol. The van der Waals surface area contributed by atoms with Gasteiger partial charge in [-0.3, -0.25) is 19.1 Å². The monoisotopic (exact) mass is 318 g/mol. The molecule has 0 aliphatic heterocycles. The highest BCUT2D eigenvalue weighted by Crippen LogP contribution is 2.25. The molecule has 6 nitrogen and oxygen atoms in total. The van der Waals surface area contributed by atoms with Gasteiger partial charge in [0.1, 0.15) is 0 Å². The number of amides is 1. The average Bonchev–Trinajstić information content (AvgIpc) is 2.49. The van der Waals surface area contributed by atoms with Crippen LogP contribution in [0.25, 0.3) is 0 Å². The van der Waals surface area contributed by atoms with Crippen molar-refractivity contribution in [2.45, 2.75) is 11.8 Å². The van der Waals surface area contributed by atoms with Crippen LogP contribution >= 0.6 is 0 Å². The van der Waals surface area contributed by atoms with Crippen LogP contribution in [0.1, 0.15) is 15.9 Å². The van der Waals surface area contributed by atoms with Crippen LogP contribution < -0.4 is 5.32 Å². The first kappa shape index (κ1) is 15.8. The first-order valence-corrected chi connectivity index (χ1v) is 7.95. The number of rotatable bonds is 4. The van der Waals surface area contributed by atoms with E-state index >= 15 is 0 Å². The van der Waals surface area contributed by atoms with Gasteiger partial charge in [-0.25, -0.2) is 0 Å². The molecule has 2 aromatic carbocycles. The Labute approximate surface area is 129 Å². The molecule has 0 aliphatic rings. The third-order valence-corrected chi connectivity index (χ3v) is 4.13. The van der Waals surface area contributed by atoms with E-state index in [1.807, 2.05) is 0 Å². The van der Waals surface area contributed by atoms with Gasteiger partial charge < -0.3 is 5.32 Å². The first-order chi connectivity index (χ1) is 10.4. The Morgan fingerprint density at radius 1 is 1.18 bits per heavy atom. The van der Waals surface area contributed by atoms with Gasteiger partial charge in [0.25, 0.3) is 11.6 Å². The highest BCUT2D eigenvalue weighted by atomic mass is 32.2. The normalized spacial score (nSPS) is 11.7. The van der Waals surface area contributed by atoms with Crippen molar-refractivity contribution in [3.8, 4) is 0 Å². The van der Waals surface area contributed by atoms with Gasteiger partial charge in [-0.2, -0.15) is 0 Å². The molecule has 0 saturated heterocycles. The zero-order valence-electron chi connectivity index (χ0n) is 12.0. The van der Waals surface area contributed by atoms with Crippen LogP contribution in [-0.4, -0.2) is 21.3 Å². The van der Waals surface area contributed by atoms with Gasteiger partial charge in [0.05, 0.1) is 16.2 Å². The summed E-state index contributed by atoms with van der Waals surface area (Å²) in [4.78, 5) is 23.2. The van der Waals surface area contributed by atoms with Gasteiger partial charge >= 0.3 is 0 Å². The van der Waals surface area contributed by atoms with Crippen LogP contribution in [0.4, 0.5) is 11.4 Å². The van der Waals surface area contributed by atoms with Crippen LogP contribution in [0, 0.1) is 17.0 Å². The molecule has 0 aromatic heterocycles. The first-order valence-electron chi connectivity index (χ1n) is 6.39. The van der Waals surface area contributed by atoms with Crippen molar-refractivity contribution in [3.63, 3.8) is 0 Å². The molecule has 0 heterocycles. The molecule has 0 spiro atoms. The van der Waals surface area contributed by atoms with Crippen molar-refractivity contribution in [3.05, 3.63) is 63.7 Å². The summed E-state index contributed by atoms with van der Waals surface area (Å²) in [7, 11) is -1.11. The predicted molar refractivity (Wildman–Crippen MR) is 84.6 cm³/mol. The summed E-state index contributed by atoms with van der Waals surface area (Å²) in [6.07, 6.45) is 1.56. The summed E-state index contributed by atoms with van der Waals surface area (Å²) in [6.45, 7) is 1.58. The van der Waals surface area contributed by atoms with Crippen LogP contribution in [0.5, 0.6) is 0 Å². The standard InChI is InChI=1S/C15H14N2O4S/c1-10-13(4-3-5-14(10)17(19)20)16-15(18)11-6-8-12(9-7-11)22(2)21/h3-9H,1-2H3,(H,16,18)/t22-/m1/s1. The van der Waals surface area contributed by atoms with E-state index in [4.69, 9.17) is 0 Å². The Kier molecular flexibility index (Phi) is 4.67. The van der Waals surface area contributed by atoms with Crippen molar-refractivity contribution < 1.29 is 13.9 Å². The van der Waals surface area contributed by atoms with Gasteiger partial charge in [0, 0.05) is 33.6 Å². The molecule has 0 saturated carbocycles. The zero-order chi connectivity index (χ0) is 16.3. The van der Waals surface area contributed by atoms with Crippen molar-refractivity contribution in [1.29, 1.82) is 0 Å². The number of hydrogen-bond acceptors (Lipinski definition) is 4. The summed E-state index contributed by atoms with van der Waals surface area (Å²) in [5.74, 6) is -0.378. The second-order valence-electron chi connectivity index (χ2n) is 4.64. The Hall–Kier alpha value is -2.54. The Morgan fingerprint density at radius 2 is 1.82 bits per heavy atom. The van der Waals surface area contributed by atoms with Crippen molar-refractivity contribution >= 4 is 28.1 Å². The molecule has 0 fully saturated rings. The Bertz CT molecular complexity index is 757. The number of nitro benzene ring substituents is 1. The SMILES string of the molecule is Cc1c(NC(=O)c2ccc([S@@](C)=O)cc2)cccc1[N+](=O)[O-]. The fourth-order valence-electron chi connectivity index (χ4n) is 1.95. The second-order valence-corrected chi connectivity index (χ2v) is 6.02. The summed E-state index contributed by atoms with van der Waals surface area (Å²) < 4.78 is 11.3. The minimum Gasteiger partial charge on any atom is -0.321 e. The highest BCUT2D eigenvalue weighted by molar-refractivity contribution is 7.84. The molecule has 1 amide bonds. The number of nitro groups is 1. The molecule has 114 valence electrons. The van der Waals surface area contributed by atoms with Gasteiger partial charge in [-0.15, -0.1) is 0 Å². The van der Waals surface area contributed by atoms with Gasteiger partial charge in [-0.05, 0) is 37.3 Å². The number of anilines is 1. The summed E-state index contributed by atoms with van der Waals surface area (Å²) in [5, 5.41) is 13.5. The van der Waals surface area contributed by atoms with E-state index in [-0.39, 0.29) is 11.6 Å². The van der Waals surface area contributed by atoms with E-state index in [2.05, 4.69) is 5.32 Å². The largest absolute Gasteiger partial charge is 0.321 e. The number of nitrogens with zero attached hydrogens (tertiary/aromatic N) is 1. The summed E-state index contributed by atoms with van der Waals surface area (Å²) in [6, 6.07) is 10.9. The number of benzene rings is 2. The molecule has 2 rings (SSSR count). The number of carbonyl (C=O) groups excluding carboxylic acids is 1. The molecule has 0 bridgehead atoms. The lowest BCUT2D eigenvalue weighted by atomic mass is 10.1. The Balaban J connectivity index is 2.24. The maximum absolute atomic E-state index is 12.2. The quantitative estimate of drug-likeness (QED) is 0.693. The Morgan fingerprint density at radius 3 is 2.36 bits per heavy atom. The third kappa shape index (κ3) is 3.37. The van der Waals surface area contributed by atoms with Gasteiger partial charge in [0.15, 0.2) is 0 Å². The predicted octanol–water partition coefficient (Wildman–Crippen LogP) is 2.89. The lowest BCUT2D eigenvalue weighted by Crippen LogP contribution is -2.13. The number of carbonyl (C=O) groups is 1. The van der Waals surface area contributed by atoms with Crippen molar-refractivity contribution in [2.24, 2.45) is 0 Å². The zero-order valence-corrected chi connectivity index (χ0v) is 12.8. The van der Waals surface area contributed by atoms with Crippen molar-refractivity contribution in [2.75, 3.05) is 11.6 Å². The number of nitrogens with one attached hydrogen (secondary N) is 1. The third-order valence-electron chi connectivity index (χ3n) is 3.20. The van der Waals surface area contributed by atoms with E-state index in [0.29, 0.717) is 21.7 Å². The molecular formula is C15H14N2O4S. The fraction of sp³-hybridized carbons (Fsp3) is 0.133. The maximum atomic E-state index is 12.2. The molecule has 2 aromatic rings. The van der Waals surface area contributed by atoms with E-state index in [9.17, 15) is 19.1 Å². The van der Waals surface area contributed by atoms with Crippen LogP contribution in [0.15, 0.2) is 47.4 Å². The summed E-state index contributed by atoms with van der Waals surface area (Å²) >= 11 is 0. The van der Waals surface area contributed by atoms with Gasteiger partial charge in [-0.1, -0.05) is 6.07 Å². The smallest absolute Gasteiger partial charge is 0.274 e. The summed E-state index contributed by atoms with van der Waals surface area (Å²) in [5.41, 5.74) is 1.13. The molecule has 1 N–H and O–H groups in total. The van der Waals surface area contributed by atoms with E-state index in [0.717, 1.165) is 0 Å². The lowest BCUT2D eigenvalue weighted by molar-refractivity contribution is -0.385. The minimum absolute atomic E-state index is 0.0467. The second kappa shape index (κ2) is 6.48. The topological polar surface area (TPSA) is 89.3 Å². The molecule has 7 heteroatoms. The highest BCUT2D eigenvalue weighted by Gasteiger charge is 2.15. The molecule has 22 heavy (non-hydrogen) atoms. The van der Waals surface area contributed by atoms with Crippen LogP contribution in [-0.2, 0) is 10.8 Å². The van der Waals surface area contributed by atoms with Gasteiger partial charge in [0.2, 0.25) is 0 Å². The van der Waals surface area contributed by atoms with E-state index < -0.39 is 15.7 Å². The number of hydrogen-bond donors (Lipinski definition) is 1. The lowest BCUT2D eigenvalue weighted by Gasteiger charge is -2.09. The maximum Gasteiger partial charge on any atom is 0.274 e. The van der Waals surface area contributed by atoms with Crippen molar-refractivity contribution in [1.82, 2.24) is 0 Å².